The minimum absolute atomic E-state index is 0.125. The summed E-state index contributed by atoms with van der Waals surface area (Å²) in [6.07, 6.45) is 5.74. The number of imidazole rings is 1. The molecule has 12 heteroatoms. The van der Waals surface area contributed by atoms with Crippen molar-refractivity contribution in [1.82, 2.24) is 29.6 Å². The summed E-state index contributed by atoms with van der Waals surface area (Å²) < 4.78 is 23.0. The van der Waals surface area contributed by atoms with Crippen LogP contribution in [0.15, 0.2) is 30.6 Å². The molecule has 5 heterocycles. The number of rotatable bonds is 10. The van der Waals surface area contributed by atoms with E-state index < -0.39 is 8.07 Å². The topological polar surface area (TPSA) is 88.2 Å². The third-order valence-electron chi connectivity index (χ3n) is 7.88. The van der Waals surface area contributed by atoms with E-state index in [2.05, 4.69) is 40.6 Å². The lowest BCUT2D eigenvalue weighted by Crippen LogP contribution is -2.22. The van der Waals surface area contributed by atoms with Crippen molar-refractivity contribution in [2.24, 2.45) is 0 Å². The van der Waals surface area contributed by atoms with Gasteiger partial charge in [0.2, 0.25) is 0 Å². The molecule has 2 unspecified atom stereocenters. The zero-order valence-electron chi connectivity index (χ0n) is 24.6. The number of nitrogens with zero attached hydrogens (tertiary/aromatic N) is 5. The lowest BCUT2D eigenvalue weighted by Gasteiger charge is -2.23. The quantitative estimate of drug-likeness (QED) is 0.145. The summed E-state index contributed by atoms with van der Waals surface area (Å²) in [5.74, 6) is 1.49. The molecule has 0 bridgehead atoms. The van der Waals surface area contributed by atoms with Gasteiger partial charge in [0.15, 0.2) is 12.1 Å². The first kappa shape index (κ1) is 29.6. The molecule has 1 saturated heterocycles. The summed E-state index contributed by atoms with van der Waals surface area (Å²) in [5.41, 5.74) is 4.66. The van der Waals surface area contributed by atoms with Crippen molar-refractivity contribution in [3.8, 4) is 17.3 Å². The fourth-order valence-corrected chi connectivity index (χ4v) is 7.02. The predicted octanol–water partition coefficient (Wildman–Crippen LogP) is 7.36. The first-order valence-electron chi connectivity index (χ1n) is 14.7. The minimum atomic E-state index is -1.21. The highest BCUT2D eigenvalue weighted by molar-refractivity contribution is 6.76. The van der Waals surface area contributed by atoms with E-state index in [0.29, 0.717) is 28.1 Å². The highest BCUT2D eigenvalue weighted by atomic mass is 35.5. The van der Waals surface area contributed by atoms with Crippen molar-refractivity contribution in [2.75, 3.05) is 13.2 Å². The molecule has 224 valence electrons. The lowest BCUT2D eigenvalue weighted by atomic mass is 10.1. The molecule has 1 fully saturated rings. The van der Waals surface area contributed by atoms with Gasteiger partial charge in [-0.2, -0.15) is 5.10 Å². The molecule has 3 aromatic heterocycles. The van der Waals surface area contributed by atoms with Crippen LogP contribution in [0.5, 0.6) is 5.75 Å². The van der Waals surface area contributed by atoms with E-state index in [1.807, 2.05) is 23.7 Å². The van der Waals surface area contributed by atoms with Crippen LogP contribution in [0.3, 0.4) is 0 Å². The maximum absolute atomic E-state index is 6.43. The molecule has 0 aliphatic carbocycles. The SMILES string of the molecule is CC(Oc1ccc2c(c1)c(-c1nc3c(n1COCC[Si](C)(C)C)CNC3)nn2C1CCCCO1)c1c(Cl)cncc1Cl. The van der Waals surface area contributed by atoms with E-state index >= 15 is 0 Å². The molecule has 0 saturated carbocycles. The number of aromatic nitrogens is 5. The van der Waals surface area contributed by atoms with Gasteiger partial charge in [-0.25, -0.2) is 9.67 Å². The van der Waals surface area contributed by atoms with Gasteiger partial charge in [0.05, 0.1) is 26.9 Å². The second kappa shape index (κ2) is 12.3. The van der Waals surface area contributed by atoms with Crippen LogP contribution in [-0.2, 0) is 29.3 Å². The maximum Gasteiger partial charge on any atom is 0.163 e. The first-order chi connectivity index (χ1) is 20.2. The number of hydrogen-bond acceptors (Lipinski definition) is 7. The zero-order valence-corrected chi connectivity index (χ0v) is 27.1. The highest BCUT2D eigenvalue weighted by Gasteiger charge is 2.28. The predicted molar refractivity (Wildman–Crippen MR) is 168 cm³/mol. The highest BCUT2D eigenvalue weighted by Crippen LogP contribution is 2.38. The van der Waals surface area contributed by atoms with Crippen molar-refractivity contribution in [1.29, 1.82) is 0 Å². The van der Waals surface area contributed by atoms with E-state index in [1.54, 1.807) is 12.4 Å². The van der Waals surface area contributed by atoms with Crippen LogP contribution in [-0.4, -0.2) is 45.6 Å². The van der Waals surface area contributed by atoms with Gasteiger partial charge in [0.25, 0.3) is 0 Å². The molecular formula is C30H38Cl2N6O3Si. The van der Waals surface area contributed by atoms with Gasteiger partial charge in [-0.15, -0.1) is 0 Å². The Kier molecular flexibility index (Phi) is 8.64. The van der Waals surface area contributed by atoms with Gasteiger partial charge in [-0.1, -0.05) is 42.8 Å². The molecule has 0 radical (unpaired) electrons. The third kappa shape index (κ3) is 6.11. The average molecular weight is 630 g/mol. The number of nitrogens with one attached hydrogen (secondary N) is 1. The van der Waals surface area contributed by atoms with Crippen LogP contribution in [0.4, 0.5) is 0 Å². The molecule has 2 aliphatic rings. The van der Waals surface area contributed by atoms with E-state index in [-0.39, 0.29) is 12.3 Å². The van der Waals surface area contributed by atoms with Gasteiger partial charge in [-0.3, -0.25) is 4.98 Å². The fourth-order valence-electron chi connectivity index (χ4n) is 5.60. The van der Waals surface area contributed by atoms with Crippen LogP contribution in [0.1, 0.15) is 55.5 Å². The Balaban J connectivity index is 1.40. The van der Waals surface area contributed by atoms with Gasteiger partial charge >= 0.3 is 0 Å². The summed E-state index contributed by atoms with van der Waals surface area (Å²) in [7, 11) is -1.21. The van der Waals surface area contributed by atoms with Crippen molar-refractivity contribution >= 4 is 42.2 Å². The monoisotopic (exact) mass is 628 g/mol. The van der Waals surface area contributed by atoms with Crippen molar-refractivity contribution in [3.05, 3.63) is 57.6 Å². The normalized spacial score (nSPS) is 18.0. The molecule has 6 rings (SSSR count). The van der Waals surface area contributed by atoms with Crippen LogP contribution < -0.4 is 10.1 Å². The minimum Gasteiger partial charge on any atom is -0.486 e. The number of ether oxygens (including phenoxy) is 3. The molecule has 2 aliphatic heterocycles. The largest absolute Gasteiger partial charge is 0.486 e. The molecule has 42 heavy (non-hydrogen) atoms. The summed E-state index contributed by atoms with van der Waals surface area (Å²) in [4.78, 5) is 9.16. The fraction of sp³-hybridized carbons (Fsp3) is 0.500. The number of fused-ring (bicyclic) bond motifs is 2. The Morgan fingerprint density at radius 1 is 1.14 bits per heavy atom. The molecule has 1 N–H and O–H groups in total. The Labute approximate surface area is 257 Å². The Morgan fingerprint density at radius 2 is 1.95 bits per heavy atom. The van der Waals surface area contributed by atoms with Crippen LogP contribution >= 0.6 is 23.2 Å². The zero-order chi connectivity index (χ0) is 29.4. The Bertz CT molecular complexity index is 1560. The van der Waals surface area contributed by atoms with Crippen LogP contribution in [0.25, 0.3) is 22.4 Å². The van der Waals surface area contributed by atoms with Crippen molar-refractivity contribution in [3.63, 3.8) is 0 Å². The van der Waals surface area contributed by atoms with Crippen molar-refractivity contribution < 1.29 is 14.2 Å². The second-order valence-electron chi connectivity index (χ2n) is 12.3. The number of halogens is 2. The van der Waals surface area contributed by atoms with E-state index in [4.69, 9.17) is 47.5 Å². The van der Waals surface area contributed by atoms with Gasteiger partial charge in [0.1, 0.15) is 24.3 Å². The summed E-state index contributed by atoms with van der Waals surface area (Å²) in [6, 6.07) is 7.15. The molecule has 1 aromatic carbocycles. The number of benzene rings is 1. The molecule has 0 spiro atoms. The van der Waals surface area contributed by atoms with Gasteiger partial charge in [-0.05, 0) is 50.4 Å². The standard InChI is InChI=1S/C30H38Cl2N6O3Si/c1-19(28-22(31)14-33-15-23(28)32)41-20-8-9-25-21(13-20)29(36-38(25)27-7-5-6-10-40-27)30-35-24-16-34-17-26(24)37(30)18-39-11-12-42(2,3)4/h8-9,13-15,19,27,34H,5-7,10-12,16-18H2,1-4H3. The summed E-state index contributed by atoms with van der Waals surface area (Å²) >= 11 is 12.9. The van der Waals surface area contributed by atoms with E-state index in [9.17, 15) is 0 Å². The smallest absolute Gasteiger partial charge is 0.163 e. The lowest BCUT2D eigenvalue weighted by molar-refractivity contribution is -0.0365. The second-order valence-corrected chi connectivity index (χ2v) is 18.7. The molecule has 2 atom stereocenters. The maximum atomic E-state index is 6.43. The van der Waals surface area contributed by atoms with Crippen LogP contribution in [0.2, 0.25) is 35.7 Å². The van der Waals surface area contributed by atoms with E-state index in [1.165, 1.54) is 0 Å². The molecule has 0 amide bonds. The Hall–Kier alpha value is -2.47. The number of hydrogen-bond donors (Lipinski definition) is 1. The van der Waals surface area contributed by atoms with Gasteiger partial charge in [0, 0.05) is 57.7 Å². The molecule has 4 aromatic rings. The van der Waals surface area contributed by atoms with Crippen molar-refractivity contribution in [2.45, 2.75) is 84.0 Å². The Morgan fingerprint density at radius 3 is 2.69 bits per heavy atom. The summed E-state index contributed by atoms with van der Waals surface area (Å²) in [6.45, 7) is 12.4. The summed E-state index contributed by atoms with van der Waals surface area (Å²) in [5, 5.41) is 10.5. The number of pyridine rings is 1. The average Bonchev–Trinajstić information content (AvgIpc) is 3.64. The van der Waals surface area contributed by atoms with E-state index in [0.717, 1.165) is 85.4 Å². The molecule has 9 nitrogen and oxygen atoms in total. The third-order valence-corrected chi connectivity index (χ3v) is 10.2. The molecular weight excluding hydrogens is 591 g/mol. The van der Waals surface area contributed by atoms with Gasteiger partial charge < -0.3 is 24.1 Å². The van der Waals surface area contributed by atoms with Crippen LogP contribution in [0, 0.1) is 0 Å². The first-order valence-corrected chi connectivity index (χ1v) is 19.1.